The molecule has 0 saturated heterocycles. The van der Waals surface area contributed by atoms with Crippen LogP contribution in [0.4, 0.5) is 0 Å². The molecule has 0 saturated carbocycles. The minimum Gasteiger partial charge on any atom is -0.462 e. The molecule has 0 aromatic rings. The fourth-order valence-electron chi connectivity index (χ4n) is 7.63. The minimum absolute atomic E-state index is 0.0500. The summed E-state index contributed by atoms with van der Waals surface area (Å²) in [5, 5.41) is 23.8. The first kappa shape index (κ1) is 60.0. The third kappa shape index (κ3) is 45.4. The molecule has 0 aromatic heterocycles. The second kappa shape index (κ2) is 50.0. The van der Waals surface area contributed by atoms with Crippen molar-refractivity contribution < 1.29 is 24.5 Å². The highest BCUT2D eigenvalue weighted by atomic mass is 16.5. The van der Waals surface area contributed by atoms with Gasteiger partial charge in [-0.05, 0) is 70.6 Å². The highest BCUT2D eigenvalue weighted by Crippen LogP contribution is 2.17. The summed E-state index contributed by atoms with van der Waals surface area (Å²) in [6.07, 6.45) is 64.9. The Balaban J connectivity index is 4.71. The molecule has 6 heteroatoms. The van der Waals surface area contributed by atoms with Crippen LogP contribution >= 0.6 is 0 Å². The largest absolute Gasteiger partial charge is 0.462 e. The van der Waals surface area contributed by atoms with Crippen molar-refractivity contribution in [3.63, 3.8) is 0 Å². The standard InChI is InChI=1S/C57H99NO5/c1-4-7-10-13-16-19-22-25-27-28-30-32-35-38-41-44-47-50-57(62)63-53(48-45-42-39-36-33-31-29-26-23-20-17-14-11-8-5-2)51-56(61)58-54(52-59)55(60)49-46-43-40-37-34-24-21-18-15-12-9-6-3/h7,10,13,16,19,22,25-30,32,35,53-55,59-60H,4-6,8-9,11-12,14-15,17-18,20-21,23-24,31,33-34,36-52H2,1-3H3,(H,58,61)/b10-7-,16-13+,22-19+,27-25-,29-26+,30-28+,35-32+. The van der Waals surface area contributed by atoms with Crippen molar-refractivity contribution in [3.8, 4) is 0 Å². The molecule has 0 spiro atoms. The number of ether oxygens (including phenoxy) is 1. The molecule has 0 bridgehead atoms. The number of aliphatic hydroxyl groups excluding tert-OH is 2. The first-order chi connectivity index (χ1) is 31.0. The monoisotopic (exact) mass is 878 g/mol. The zero-order valence-corrected chi connectivity index (χ0v) is 41.2. The predicted molar refractivity (Wildman–Crippen MR) is 273 cm³/mol. The van der Waals surface area contributed by atoms with E-state index in [2.05, 4.69) is 62.5 Å². The molecular formula is C57H99NO5. The average molecular weight is 878 g/mol. The summed E-state index contributed by atoms with van der Waals surface area (Å²) in [7, 11) is 0. The van der Waals surface area contributed by atoms with Crippen molar-refractivity contribution in [2.75, 3.05) is 6.61 Å². The number of esters is 1. The maximum absolute atomic E-state index is 13.2. The first-order valence-electron chi connectivity index (χ1n) is 26.4. The Morgan fingerprint density at radius 3 is 1.35 bits per heavy atom. The average Bonchev–Trinajstić information content (AvgIpc) is 3.28. The number of carbonyl (C=O) groups excluding carboxylic acids is 2. The molecule has 3 unspecified atom stereocenters. The number of hydrogen-bond donors (Lipinski definition) is 3. The van der Waals surface area contributed by atoms with E-state index in [4.69, 9.17) is 4.74 Å². The van der Waals surface area contributed by atoms with Crippen molar-refractivity contribution in [1.29, 1.82) is 0 Å². The van der Waals surface area contributed by atoms with E-state index in [0.717, 1.165) is 77.0 Å². The smallest absolute Gasteiger partial charge is 0.306 e. The van der Waals surface area contributed by atoms with Crippen LogP contribution in [0.1, 0.15) is 239 Å². The first-order valence-corrected chi connectivity index (χ1v) is 26.4. The maximum atomic E-state index is 13.2. The Hall–Kier alpha value is -2.96. The predicted octanol–water partition coefficient (Wildman–Crippen LogP) is 16.0. The van der Waals surface area contributed by atoms with Gasteiger partial charge in [0.1, 0.15) is 6.10 Å². The quantitative estimate of drug-likeness (QED) is 0.0245. The van der Waals surface area contributed by atoms with Gasteiger partial charge in [-0.1, -0.05) is 241 Å². The topological polar surface area (TPSA) is 95.9 Å². The molecule has 0 aliphatic carbocycles. The Bertz CT molecular complexity index is 1210. The van der Waals surface area contributed by atoms with Crippen LogP contribution in [-0.4, -0.2) is 46.9 Å². The number of nitrogens with one attached hydrogen (secondary N) is 1. The second-order valence-electron chi connectivity index (χ2n) is 17.7. The van der Waals surface area contributed by atoms with Gasteiger partial charge in [-0.3, -0.25) is 9.59 Å². The highest BCUT2D eigenvalue weighted by Gasteiger charge is 2.24. The molecule has 0 aliphatic rings. The van der Waals surface area contributed by atoms with E-state index >= 15 is 0 Å². The minimum atomic E-state index is -0.802. The van der Waals surface area contributed by atoms with Crippen LogP contribution < -0.4 is 5.32 Å². The van der Waals surface area contributed by atoms with E-state index in [1.807, 2.05) is 48.6 Å². The normalized spacial score (nSPS) is 13.9. The number of allylic oxidation sites excluding steroid dienone is 14. The van der Waals surface area contributed by atoms with Gasteiger partial charge < -0.3 is 20.3 Å². The number of aliphatic hydroxyl groups is 2. The molecule has 3 N–H and O–H groups in total. The number of carbonyl (C=O) groups is 2. The van der Waals surface area contributed by atoms with Crippen molar-refractivity contribution in [2.24, 2.45) is 0 Å². The Labute approximate surface area is 389 Å². The van der Waals surface area contributed by atoms with Gasteiger partial charge in [-0.2, -0.15) is 0 Å². The summed E-state index contributed by atoms with van der Waals surface area (Å²) in [6.45, 7) is 6.32. The fraction of sp³-hybridized carbons (Fsp3) is 0.719. The van der Waals surface area contributed by atoms with Gasteiger partial charge in [0.15, 0.2) is 0 Å². The molecule has 0 heterocycles. The van der Waals surface area contributed by atoms with Crippen LogP contribution in [0.15, 0.2) is 85.1 Å². The summed E-state index contributed by atoms with van der Waals surface area (Å²) >= 11 is 0. The van der Waals surface area contributed by atoms with E-state index in [9.17, 15) is 19.8 Å². The molecule has 3 atom stereocenters. The third-order valence-electron chi connectivity index (χ3n) is 11.6. The van der Waals surface area contributed by atoms with Crippen LogP contribution in [0.25, 0.3) is 0 Å². The number of amides is 1. The van der Waals surface area contributed by atoms with Crippen LogP contribution in [0.3, 0.4) is 0 Å². The summed E-state index contributed by atoms with van der Waals surface area (Å²) < 4.78 is 5.92. The van der Waals surface area contributed by atoms with E-state index in [1.165, 1.54) is 116 Å². The van der Waals surface area contributed by atoms with Gasteiger partial charge >= 0.3 is 5.97 Å². The van der Waals surface area contributed by atoms with Gasteiger partial charge in [0.2, 0.25) is 5.91 Å². The van der Waals surface area contributed by atoms with Gasteiger partial charge in [-0.25, -0.2) is 0 Å². The summed E-state index contributed by atoms with van der Waals surface area (Å²) in [5.41, 5.74) is 0. The molecule has 0 radical (unpaired) electrons. The highest BCUT2D eigenvalue weighted by molar-refractivity contribution is 5.77. The summed E-state index contributed by atoms with van der Waals surface area (Å²) in [5.74, 6) is -0.535. The van der Waals surface area contributed by atoms with E-state index in [0.29, 0.717) is 19.3 Å². The zero-order chi connectivity index (χ0) is 45.9. The van der Waals surface area contributed by atoms with Crippen LogP contribution in [0, 0.1) is 0 Å². The van der Waals surface area contributed by atoms with Crippen LogP contribution in [0.2, 0.25) is 0 Å². The van der Waals surface area contributed by atoms with Gasteiger partial charge in [-0.15, -0.1) is 0 Å². The lowest BCUT2D eigenvalue weighted by Gasteiger charge is -2.24. The molecule has 0 aromatic carbocycles. The Kier molecular flexibility index (Phi) is 47.7. The fourth-order valence-corrected chi connectivity index (χ4v) is 7.63. The van der Waals surface area contributed by atoms with Crippen molar-refractivity contribution >= 4 is 11.9 Å². The van der Waals surface area contributed by atoms with Gasteiger partial charge in [0.05, 0.1) is 25.2 Å². The molecule has 0 rings (SSSR count). The molecule has 63 heavy (non-hydrogen) atoms. The SMILES string of the molecule is CC\C=C/C=C/C=C/C=C\C=C\C=C\CCCCCC(=O)OC(CCCCCCC/C=C/CCCCCCCC)CC(=O)NC(CO)C(O)CCCCCCCCCCCCCC. The lowest BCUT2D eigenvalue weighted by molar-refractivity contribution is -0.151. The number of unbranched alkanes of at least 4 members (excludes halogenated alkanes) is 25. The zero-order valence-electron chi connectivity index (χ0n) is 41.2. The molecule has 0 aliphatic heterocycles. The lowest BCUT2D eigenvalue weighted by atomic mass is 10.0. The molecule has 6 nitrogen and oxygen atoms in total. The maximum Gasteiger partial charge on any atom is 0.306 e. The summed E-state index contributed by atoms with van der Waals surface area (Å²) in [6, 6.07) is -0.717. The molecule has 0 fully saturated rings. The van der Waals surface area contributed by atoms with E-state index in [-0.39, 0.29) is 24.9 Å². The number of rotatable bonds is 46. The summed E-state index contributed by atoms with van der Waals surface area (Å²) in [4.78, 5) is 26.2. The van der Waals surface area contributed by atoms with Crippen molar-refractivity contribution in [2.45, 2.75) is 257 Å². The molecular weight excluding hydrogens is 779 g/mol. The van der Waals surface area contributed by atoms with Crippen molar-refractivity contribution in [1.82, 2.24) is 5.32 Å². The Morgan fingerprint density at radius 1 is 0.476 bits per heavy atom. The van der Waals surface area contributed by atoms with Crippen LogP contribution in [-0.2, 0) is 14.3 Å². The molecule has 1 amide bonds. The van der Waals surface area contributed by atoms with E-state index in [1.54, 1.807) is 0 Å². The lowest BCUT2D eigenvalue weighted by Crippen LogP contribution is -2.46. The second-order valence-corrected chi connectivity index (χ2v) is 17.7. The molecule has 362 valence electrons. The van der Waals surface area contributed by atoms with E-state index < -0.39 is 18.2 Å². The van der Waals surface area contributed by atoms with Gasteiger partial charge in [0, 0.05) is 6.42 Å². The van der Waals surface area contributed by atoms with Gasteiger partial charge in [0.25, 0.3) is 0 Å². The number of hydrogen-bond acceptors (Lipinski definition) is 5. The van der Waals surface area contributed by atoms with Crippen molar-refractivity contribution in [3.05, 3.63) is 85.1 Å². The third-order valence-corrected chi connectivity index (χ3v) is 11.6. The van der Waals surface area contributed by atoms with Crippen LogP contribution in [0.5, 0.6) is 0 Å². The Morgan fingerprint density at radius 2 is 0.873 bits per heavy atom.